The van der Waals surface area contributed by atoms with Crippen LogP contribution in [0.25, 0.3) is 0 Å². The molecule has 3 rings (SSSR count). The molecule has 2 bridgehead atoms. The quantitative estimate of drug-likeness (QED) is 0.888. The lowest BCUT2D eigenvalue weighted by molar-refractivity contribution is -0.0380. The summed E-state index contributed by atoms with van der Waals surface area (Å²) in [6.45, 7) is 5.17. The normalized spacial score (nSPS) is 27.4. The molecule has 1 N–H and O–H groups in total. The zero-order chi connectivity index (χ0) is 13.5. The average Bonchev–Trinajstić information content (AvgIpc) is 2.68. The molecule has 2 aliphatic rings. The van der Waals surface area contributed by atoms with Gasteiger partial charge in [-0.1, -0.05) is 6.92 Å². The number of rotatable bonds is 2. The highest BCUT2D eigenvalue weighted by Crippen LogP contribution is 2.46. The predicted octanol–water partition coefficient (Wildman–Crippen LogP) is 2.19. The van der Waals surface area contributed by atoms with E-state index in [4.69, 9.17) is 14.2 Å². The SMILES string of the molecule is CCNC(=O)Oc1ccc2c(c1)[C@]1(C)CO[C@@H](C1)O2. The van der Waals surface area contributed by atoms with Gasteiger partial charge >= 0.3 is 6.09 Å². The fourth-order valence-corrected chi connectivity index (χ4v) is 2.60. The molecule has 0 saturated carbocycles. The van der Waals surface area contributed by atoms with Crippen molar-refractivity contribution in [3.63, 3.8) is 0 Å². The average molecular weight is 263 g/mol. The van der Waals surface area contributed by atoms with Gasteiger partial charge in [-0.2, -0.15) is 0 Å². The van der Waals surface area contributed by atoms with Crippen LogP contribution >= 0.6 is 0 Å². The smallest absolute Gasteiger partial charge is 0.412 e. The fourth-order valence-electron chi connectivity index (χ4n) is 2.60. The number of fused-ring (bicyclic) bond motifs is 4. The maximum absolute atomic E-state index is 11.4. The van der Waals surface area contributed by atoms with Gasteiger partial charge in [-0.3, -0.25) is 0 Å². The number of benzene rings is 1. The Labute approximate surface area is 111 Å². The molecule has 0 aliphatic carbocycles. The third-order valence-corrected chi connectivity index (χ3v) is 3.60. The molecule has 0 spiro atoms. The predicted molar refractivity (Wildman–Crippen MR) is 68.5 cm³/mol. The summed E-state index contributed by atoms with van der Waals surface area (Å²) in [5.41, 5.74) is 0.988. The van der Waals surface area contributed by atoms with Crippen LogP contribution in [0.15, 0.2) is 18.2 Å². The lowest BCUT2D eigenvalue weighted by Gasteiger charge is -2.29. The van der Waals surface area contributed by atoms with Gasteiger partial charge in [0.05, 0.1) is 6.61 Å². The molecule has 1 fully saturated rings. The molecule has 0 aromatic heterocycles. The Balaban J connectivity index is 1.87. The van der Waals surface area contributed by atoms with Gasteiger partial charge in [0.1, 0.15) is 11.5 Å². The molecule has 1 aromatic carbocycles. The van der Waals surface area contributed by atoms with E-state index in [0.29, 0.717) is 18.9 Å². The zero-order valence-electron chi connectivity index (χ0n) is 11.1. The van der Waals surface area contributed by atoms with Gasteiger partial charge in [-0.25, -0.2) is 4.79 Å². The van der Waals surface area contributed by atoms with Crippen molar-refractivity contribution in [3.8, 4) is 11.5 Å². The summed E-state index contributed by atoms with van der Waals surface area (Å²) in [6.07, 6.45) is 0.252. The first-order valence-corrected chi connectivity index (χ1v) is 6.49. The molecule has 0 radical (unpaired) electrons. The summed E-state index contributed by atoms with van der Waals surface area (Å²) >= 11 is 0. The van der Waals surface area contributed by atoms with Gasteiger partial charge in [-0.15, -0.1) is 0 Å². The molecule has 2 heterocycles. The number of nitrogens with one attached hydrogen (secondary N) is 1. The molecular formula is C14H17NO4. The van der Waals surface area contributed by atoms with Crippen LogP contribution in [0.5, 0.6) is 11.5 Å². The zero-order valence-corrected chi connectivity index (χ0v) is 11.1. The topological polar surface area (TPSA) is 56.8 Å². The van der Waals surface area contributed by atoms with Crippen molar-refractivity contribution in [1.82, 2.24) is 5.32 Å². The molecule has 1 saturated heterocycles. The van der Waals surface area contributed by atoms with Gasteiger partial charge in [0.25, 0.3) is 0 Å². The maximum Gasteiger partial charge on any atom is 0.412 e. The van der Waals surface area contributed by atoms with Gasteiger partial charge in [0.2, 0.25) is 6.29 Å². The number of hydrogen-bond acceptors (Lipinski definition) is 4. The van der Waals surface area contributed by atoms with Crippen LogP contribution in [0.4, 0.5) is 4.79 Å². The van der Waals surface area contributed by atoms with Crippen molar-refractivity contribution in [1.29, 1.82) is 0 Å². The van der Waals surface area contributed by atoms with E-state index in [0.717, 1.165) is 17.7 Å². The largest absolute Gasteiger partial charge is 0.465 e. The molecule has 19 heavy (non-hydrogen) atoms. The Morgan fingerprint density at radius 1 is 1.58 bits per heavy atom. The third kappa shape index (κ3) is 2.14. The van der Waals surface area contributed by atoms with Gasteiger partial charge < -0.3 is 19.5 Å². The number of hydrogen-bond donors (Lipinski definition) is 1. The van der Waals surface area contributed by atoms with Crippen molar-refractivity contribution in [3.05, 3.63) is 23.8 Å². The Kier molecular flexibility index (Phi) is 2.86. The van der Waals surface area contributed by atoms with Crippen LogP contribution in [0, 0.1) is 0 Å². The molecular weight excluding hydrogens is 246 g/mol. The van der Waals surface area contributed by atoms with E-state index in [2.05, 4.69) is 12.2 Å². The third-order valence-electron chi connectivity index (χ3n) is 3.60. The highest BCUT2D eigenvalue weighted by atomic mass is 16.7. The van der Waals surface area contributed by atoms with Gasteiger partial charge in [-0.05, 0) is 25.1 Å². The Bertz CT molecular complexity index is 516. The van der Waals surface area contributed by atoms with E-state index < -0.39 is 6.09 Å². The molecule has 0 unspecified atom stereocenters. The standard InChI is InChI=1S/C14H17NO4/c1-3-15-13(16)18-9-4-5-11-10(6-9)14(2)7-12(19-11)17-8-14/h4-6,12H,3,7-8H2,1-2H3,(H,15,16)/t12-,14+/m1/s1. The number of amides is 1. The monoisotopic (exact) mass is 263 g/mol. The van der Waals surface area contributed by atoms with Crippen molar-refractivity contribution in [2.45, 2.75) is 32.0 Å². The van der Waals surface area contributed by atoms with Gasteiger partial charge in [0, 0.05) is 23.9 Å². The second-order valence-corrected chi connectivity index (χ2v) is 5.20. The van der Waals surface area contributed by atoms with Crippen LogP contribution < -0.4 is 14.8 Å². The van der Waals surface area contributed by atoms with Crippen molar-refractivity contribution in [2.75, 3.05) is 13.2 Å². The van der Waals surface area contributed by atoms with Crippen molar-refractivity contribution >= 4 is 6.09 Å². The van der Waals surface area contributed by atoms with Crippen LogP contribution in [0.3, 0.4) is 0 Å². The second-order valence-electron chi connectivity index (χ2n) is 5.20. The molecule has 5 nitrogen and oxygen atoms in total. The summed E-state index contributed by atoms with van der Waals surface area (Å²) in [5, 5.41) is 2.60. The Morgan fingerprint density at radius 2 is 2.42 bits per heavy atom. The second kappa shape index (κ2) is 4.42. The number of ether oxygens (including phenoxy) is 3. The number of carbonyl (C=O) groups excluding carboxylic acids is 1. The molecule has 2 atom stereocenters. The summed E-state index contributed by atoms with van der Waals surface area (Å²) in [6, 6.07) is 5.45. The van der Waals surface area contributed by atoms with E-state index >= 15 is 0 Å². The van der Waals surface area contributed by atoms with E-state index in [-0.39, 0.29) is 11.7 Å². The van der Waals surface area contributed by atoms with E-state index in [9.17, 15) is 4.79 Å². The first-order valence-electron chi connectivity index (χ1n) is 6.49. The number of carbonyl (C=O) groups is 1. The summed E-state index contributed by atoms with van der Waals surface area (Å²) < 4.78 is 16.5. The van der Waals surface area contributed by atoms with E-state index in [1.54, 1.807) is 6.07 Å². The van der Waals surface area contributed by atoms with Crippen LogP contribution in [-0.4, -0.2) is 25.5 Å². The van der Waals surface area contributed by atoms with Crippen molar-refractivity contribution < 1.29 is 19.0 Å². The fraction of sp³-hybridized carbons (Fsp3) is 0.500. The van der Waals surface area contributed by atoms with Crippen LogP contribution in [0.2, 0.25) is 0 Å². The lowest BCUT2D eigenvalue weighted by atomic mass is 9.80. The lowest BCUT2D eigenvalue weighted by Crippen LogP contribution is -2.29. The molecule has 2 aliphatic heterocycles. The Morgan fingerprint density at radius 3 is 3.21 bits per heavy atom. The first-order chi connectivity index (χ1) is 9.10. The van der Waals surface area contributed by atoms with Crippen LogP contribution in [0.1, 0.15) is 25.8 Å². The molecule has 5 heteroatoms. The maximum atomic E-state index is 11.4. The summed E-state index contributed by atoms with van der Waals surface area (Å²) in [4.78, 5) is 11.4. The van der Waals surface area contributed by atoms with E-state index in [1.807, 2.05) is 19.1 Å². The first kappa shape index (κ1) is 12.3. The minimum absolute atomic E-state index is 0.0567. The minimum Gasteiger partial charge on any atom is -0.465 e. The Hall–Kier alpha value is -1.75. The minimum atomic E-state index is -0.440. The highest BCUT2D eigenvalue weighted by Gasteiger charge is 2.45. The molecule has 1 amide bonds. The highest BCUT2D eigenvalue weighted by molar-refractivity contribution is 5.70. The molecule has 102 valence electrons. The van der Waals surface area contributed by atoms with Crippen LogP contribution in [-0.2, 0) is 10.2 Å². The molecule has 1 aromatic rings. The van der Waals surface area contributed by atoms with E-state index in [1.165, 1.54) is 0 Å². The summed E-state index contributed by atoms with van der Waals surface area (Å²) in [7, 11) is 0. The summed E-state index contributed by atoms with van der Waals surface area (Å²) in [5.74, 6) is 1.35. The van der Waals surface area contributed by atoms with Crippen molar-refractivity contribution in [2.24, 2.45) is 0 Å². The van der Waals surface area contributed by atoms with Gasteiger partial charge in [0.15, 0.2) is 0 Å².